The van der Waals surface area contributed by atoms with E-state index >= 15 is 0 Å². The van der Waals surface area contributed by atoms with E-state index in [0.29, 0.717) is 5.69 Å². The maximum absolute atomic E-state index is 11.2. The molecule has 0 saturated carbocycles. The van der Waals surface area contributed by atoms with Crippen LogP contribution in [0, 0.1) is 6.92 Å². The lowest BCUT2D eigenvalue weighted by Crippen LogP contribution is -2.35. The molecule has 0 aliphatic rings. The molecule has 1 aromatic heterocycles. The van der Waals surface area contributed by atoms with E-state index in [9.17, 15) is 9.90 Å². The zero-order valence-electron chi connectivity index (χ0n) is 8.31. The van der Waals surface area contributed by atoms with Crippen molar-refractivity contribution < 1.29 is 14.6 Å². The van der Waals surface area contributed by atoms with Crippen molar-refractivity contribution in [1.29, 1.82) is 0 Å². The second-order valence-electron chi connectivity index (χ2n) is 3.05. The molecule has 1 rings (SSSR count). The predicted octanol–water partition coefficient (Wildman–Crippen LogP) is 0.166. The molecule has 1 unspecified atom stereocenters. The Morgan fingerprint density at radius 2 is 2.07 bits per heavy atom. The van der Waals surface area contributed by atoms with Crippen LogP contribution in [0.3, 0.4) is 0 Å². The van der Waals surface area contributed by atoms with Gasteiger partial charge in [0.2, 0.25) is 5.60 Å². The summed E-state index contributed by atoms with van der Waals surface area (Å²) in [6.07, 6.45) is 2.91. The Kier molecular flexibility index (Phi) is 2.81. The van der Waals surface area contributed by atoms with Crippen LogP contribution < -0.4 is 0 Å². The Balaban J connectivity index is 3.16. The van der Waals surface area contributed by atoms with Gasteiger partial charge in [-0.15, -0.1) is 0 Å². The number of aryl methyl sites for hydroxylation is 1. The van der Waals surface area contributed by atoms with Crippen molar-refractivity contribution in [2.75, 3.05) is 7.11 Å². The fraction of sp³-hybridized carbons (Fsp3) is 0.444. The molecule has 0 fully saturated rings. The van der Waals surface area contributed by atoms with Gasteiger partial charge in [0.25, 0.3) is 0 Å². The summed E-state index contributed by atoms with van der Waals surface area (Å²) in [4.78, 5) is 19.1. The highest BCUT2D eigenvalue weighted by Crippen LogP contribution is 2.21. The number of carbonyl (C=O) groups is 1. The Labute approximate surface area is 81.8 Å². The molecule has 14 heavy (non-hydrogen) atoms. The lowest BCUT2D eigenvalue weighted by atomic mass is 10.0. The third-order valence-corrected chi connectivity index (χ3v) is 1.93. The van der Waals surface area contributed by atoms with Gasteiger partial charge in [-0.3, -0.25) is 9.97 Å². The fourth-order valence-electron chi connectivity index (χ4n) is 1.18. The van der Waals surface area contributed by atoms with Crippen LogP contribution in [-0.4, -0.2) is 28.2 Å². The molecule has 0 amide bonds. The third-order valence-electron chi connectivity index (χ3n) is 1.93. The molecule has 1 aromatic rings. The molecular formula is C9H12N2O3. The first-order valence-electron chi connectivity index (χ1n) is 4.09. The van der Waals surface area contributed by atoms with Crippen LogP contribution in [0.4, 0.5) is 0 Å². The van der Waals surface area contributed by atoms with Gasteiger partial charge in [0, 0.05) is 12.4 Å². The highest BCUT2D eigenvalue weighted by atomic mass is 16.5. The van der Waals surface area contributed by atoms with Gasteiger partial charge in [-0.2, -0.15) is 0 Å². The summed E-state index contributed by atoms with van der Waals surface area (Å²) in [5.41, 5.74) is -1.03. The molecule has 0 bridgehead atoms. The minimum atomic E-state index is -1.74. The Bertz CT molecular complexity index is 350. The Hall–Kier alpha value is -1.49. The fourth-order valence-corrected chi connectivity index (χ4v) is 1.18. The van der Waals surface area contributed by atoms with Gasteiger partial charge >= 0.3 is 5.97 Å². The topological polar surface area (TPSA) is 72.3 Å². The largest absolute Gasteiger partial charge is 0.467 e. The highest BCUT2D eigenvalue weighted by Gasteiger charge is 2.36. The smallest absolute Gasteiger partial charge is 0.343 e. The molecule has 0 aromatic carbocycles. The number of rotatable bonds is 2. The number of ether oxygens (including phenoxy) is 1. The number of esters is 1. The minimum absolute atomic E-state index is 0.215. The molecule has 0 radical (unpaired) electrons. The maximum Gasteiger partial charge on any atom is 0.343 e. The first-order chi connectivity index (χ1) is 6.50. The molecule has 1 N–H and O–H groups in total. The number of hydrogen-bond acceptors (Lipinski definition) is 5. The molecule has 76 valence electrons. The lowest BCUT2D eigenvalue weighted by Gasteiger charge is -2.20. The van der Waals surface area contributed by atoms with Crippen molar-refractivity contribution in [3.63, 3.8) is 0 Å². The molecule has 0 aliphatic carbocycles. The van der Waals surface area contributed by atoms with Crippen LogP contribution in [0.15, 0.2) is 12.4 Å². The number of methoxy groups -OCH3 is 1. The average Bonchev–Trinajstić information content (AvgIpc) is 2.17. The Morgan fingerprint density at radius 1 is 1.50 bits per heavy atom. The van der Waals surface area contributed by atoms with Gasteiger partial charge in [-0.25, -0.2) is 4.79 Å². The first kappa shape index (κ1) is 10.6. The van der Waals surface area contributed by atoms with Crippen LogP contribution in [-0.2, 0) is 15.1 Å². The van der Waals surface area contributed by atoms with Crippen molar-refractivity contribution in [3.8, 4) is 0 Å². The molecule has 1 atom stereocenters. The van der Waals surface area contributed by atoms with E-state index in [1.807, 2.05) is 0 Å². The standard InChI is InChI=1S/C9H12N2O3/c1-6-7(11-5-4-10-6)9(2,13)8(12)14-3/h4-5,13H,1-3H3. The van der Waals surface area contributed by atoms with Crippen LogP contribution in [0.5, 0.6) is 0 Å². The number of carbonyl (C=O) groups excluding carboxylic acids is 1. The van der Waals surface area contributed by atoms with Gasteiger partial charge in [0.05, 0.1) is 12.8 Å². The van der Waals surface area contributed by atoms with Gasteiger partial charge in [-0.1, -0.05) is 0 Å². The van der Waals surface area contributed by atoms with Gasteiger partial charge in [0.1, 0.15) is 5.69 Å². The van der Waals surface area contributed by atoms with E-state index < -0.39 is 11.6 Å². The van der Waals surface area contributed by atoms with Gasteiger partial charge in [0.15, 0.2) is 0 Å². The zero-order valence-corrected chi connectivity index (χ0v) is 8.31. The summed E-state index contributed by atoms with van der Waals surface area (Å²) in [6.45, 7) is 3.00. The van der Waals surface area contributed by atoms with E-state index in [0.717, 1.165) is 0 Å². The molecule has 0 spiro atoms. The monoisotopic (exact) mass is 196 g/mol. The third kappa shape index (κ3) is 1.72. The van der Waals surface area contributed by atoms with E-state index in [1.165, 1.54) is 26.4 Å². The van der Waals surface area contributed by atoms with Crippen LogP contribution >= 0.6 is 0 Å². The summed E-state index contributed by atoms with van der Waals surface area (Å²) >= 11 is 0. The zero-order chi connectivity index (χ0) is 10.8. The highest BCUT2D eigenvalue weighted by molar-refractivity contribution is 5.80. The molecule has 0 saturated heterocycles. The first-order valence-corrected chi connectivity index (χ1v) is 4.09. The second-order valence-corrected chi connectivity index (χ2v) is 3.05. The second kappa shape index (κ2) is 3.71. The summed E-state index contributed by atoms with van der Waals surface area (Å²) in [5.74, 6) is -0.749. The SMILES string of the molecule is COC(=O)C(C)(O)c1nccnc1C. The van der Waals surface area contributed by atoms with E-state index in [-0.39, 0.29) is 5.69 Å². The van der Waals surface area contributed by atoms with Gasteiger partial charge in [-0.05, 0) is 13.8 Å². The molecule has 5 nitrogen and oxygen atoms in total. The van der Waals surface area contributed by atoms with Crippen LogP contribution in [0.2, 0.25) is 0 Å². The normalized spacial score (nSPS) is 14.6. The van der Waals surface area contributed by atoms with E-state index in [1.54, 1.807) is 6.92 Å². The number of aromatic nitrogens is 2. The number of hydrogen-bond donors (Lipinski definition) is 1. The summed E-state index contributed by atoms with van der Waals surface area (Å²) in [7, 11) is 1.21. The maximum atomic E-state index is 11.2. The van der Waals surface area contributed by atoms with Crippen molar-refractivity contribution in [2.45, 2.75) is 19.4 Å². The molecule has 5 heteroatoms. The molecule has 0 aliphatic heterocycles. The summed E-state index contributed by atoms with van der Waals surface area (Å²) in [6, 6.07) is 0. The van der Waals surface area contributed by atoms with Crippen LogP contribution in [0.25, 0.3) is 0 Å². The van der Waals surface area contributed by atoms with Crippen molar-refractivity contribution in [1.82, 2.24) is 9.97 Å². The molecular weight excluding hydrogens is 184 g/mol. The summed E-state index contributed by atoms with van der Waals surface area (Å²) < 4.78 is 4.47. The van der Waals surface area contributed by atoms with Crippen molar-refractivity contribution >= 4 is 5.97 Å². The average molecular weight is 196 g/mol. The van der Waals surface area contributed by atoms with Crippen LogP contribution in [0.1, 0.15) is 18.3 Å². The van der Waals surface area contributed by atoms with E-state index in [2.05, 4.69) is 14.7 Å². The molecule has 1 heterocycles. The van der Waals surface area contributed by atoms with Crippen molar-refractivity contribution in [3.05, 3.63) is 23.8 Å². The predicted molar refractivity (Wildman–Crippen MR) is 48.4 cm³/mol. The quantitative estimate of drug-likeness (QED) is 0.682. The summed E-state index contributed by atoms with van der Waals surface area (Å²) in [5, 5.41) is 9.86. The Morgan fingerprint density at radius 3 is 2.57 bits per heavy atom. The lowest BCUT2D eigenvalue weighted by molar-refractivity contribution is -0.162. The van der Waals surface area contributed by atoms with Crippen molar-refractivity contribution in [2.24, 2.45) is 0 Å². The van der Waals surface area contributed by atoms with Gasteiger partial charge < -0.3 is 9.84 Å². The minimum Gasteiger partial charge on any atom is -0.467 e. The van der Waals surface area contributed by atoms with E-state index in [4.69, 9.17) is 0 Å². The number of aliphatic hydroxyl groups is 1. The number of nitrogens with zero attached hydrogens (tertiary/aromatic N) is 2.